The van der Waals surface area contributed by atoms with Gasteiger partial charge in [0.15, 0.2) is 11.6 Å². The van der Waals surface area contributed by atoms with Crippen molar-refractivity contribution in [2.24, 2.45) is 0 Å². The maximum Gasteiger partial charge on any atom is 0.461 e. The zero-order valence-electron chi connectivity index (χ0n) is 21.8. The van der Waals surface area contributed by atoms with Crippen LogP contribution in [0.5, 0.6) is 11.5 Å². The van der Waals surface area contributed by atoms with Crippen LogP contribution < -0.4 is 14.8 Å². The Kier molecular flexibility index (Phi) is 9.31. The standard InChI is InChI=1S/C29H26F9NO3/c30-20-10-19(11-23(13-20)42-29(37,38)26(32)33)27(14-17-4-2-1-3-5-17,39-16-21(40)15-28(34,35)36)18-6-9-24(31)25(12-18)41-22-7-8-22/h1-6,9-13,21-22,26,39-40H,7-8,14-16H2/t21?,27-/m1/s1. The number of alkyl halides is 7. The van der Waals surface area contributed by atoms with E-state index in [1.165, 1.54) is 12.1 Å². The first-order valence-corrected chi connectivity index (χ1v) is 12.8. The summed E-state index contributed by atoms with van der Waals surface area (Å²) in [4.78, 5) is 0. The first-order valence-electron chi connectivity index (χ1n) is 12.8. The smallest absolute Gasteiger partial charge is 0.461 e. The molecule has 1 aliphatic carbocycles. The number of hydrogen-bond acceptors (Lipinski definition) is 4. The topological polar surface area (TPSA) is 50.7 Å². The van der Waals surface area contributed by atoms with Crippen LogP contribution in [0.15, 0.2) is 66.7 Å². The van der Waals surface area contributed by atoms with Crippen molar-refractivity contribution in [3.05, 3.63) is 95.1 Å². The van der Waals surface area contributed by atoms with Crippen LogP contribution in [0.4, 0.5) is 39.5 Å². The zero-order valence-corrected chi connectivity index (χ0v) is 21.8. The van der Waals surface area contributed by atoms with Crippen molar-refractivity contribution in [1.82, 2.24) is 5.32 Å². The van der Waals surface area contributed by atoms with Gasteiger partial charge in [0, 0.05) is 12.6 Å². The van der Waals surface area contributed by atoms with Gasteiger partial charge in [0.05, 0.1) is 24.2 Å². The van der Waals surface area contributed by atoms with E-state index in [1.54, 1.807) is 30.3 Å². The third-order valence-corrected chi connectivity index (χ3v) is 6.53. The Labute approximate surface area is 235 Å². The number of benzene rings is 3. The van der Waals surface area contributed by atoms with Crippen molar-refractivity contribution < 1.29 is 54.1 Å². The van der Waals surface area contributed by atoms with Crippen LogP contribution in [0.3, 0.4) is 0 Å². The monoisotopic (exact) mass is 607 g/mol. The Morgan fingerprint density at radius 1 is 0.881 bits per heavy atom. The molecule has 13 heteroatoms. The molecule has 3 aromatic rings. The summed E-state index contributed by atoms with van der Waals surface area (Å²) in [5.41, 5.74) is -1.48. The third kappa shape index (κ3) is 8.09. The number of ether oxygens (including phenoxy) is 2. The van der Waals surface area contributed by atoms with E-state index in [0.29, 0.717) is 24.5 Å². The zero-order chi connectivity index (χ0) is 30.7. The molecule has 2 N–H and O–H groups in total. The molecule has 1 saturated carbocycles. The lowest BCUT2D eigenvalue weighted by Gasteiger charge is -2.38. The van der Waals surface area contributed by atoms with Gasteiger partial charge < -0.3 is 19.9 Å². The lowest BCUT2D eigenvalue weighted by Crippen LogP contribution is -2.49. The molecule has 1 unspecified atom stereocenters. The van der Waals surface area contributed by atoms with Gasteiger partial charge in [-0.2, -0.15) is 30.7 Å². The molecule has 42 heavy (non-hydrogen) atoms. The molecular formula is C29H26F9NO3. The summed E-state index contributed by atoms with van der Waals surface area (Å²) in [6.45, 7) is -0.748. The van der Waals surface area contributed by atoms with Crippen LogP contribution >= 0.6 is 0 Å². The van der Waals surface area contributed by atoms with E-state index in [1.807, 2.05) is 0 Å². The van der Waals surface area contributed by atoms with Gasteiger partial charge >= 0.3 is 18.7 Å². The van der Waals surface area contributed by atoms with Gasteiger partial charge in [0.2, 0.25) is 0 Å². The van der Waals surface area contributed by atoms with Crippen LogP contribution in [-0.4, -0.2) is 42.6 Å². The molecule has 0 spiro atoms. The quantitative estimate of drug-likeness (QED) is 0.203. The summed E-state index contributed by atoms with van der Waals surface area (Å²) >= 11 is 0. The largest absolute Gasteiger partial charge is 0.487 e. The molecule has 1 aliphatic rings. The summed E-state index contributed by atoms with van der Waals surface area (Å²) in [6.07, 6.45) is -16.8. The van der Waals surface area contributed by atoms with Crippen molar-refractivity contribution in [2.75, 3.05) is 6.54 Å². The van der Waals surface area contributed by atoms with E-state index in [0.717, 1.165) is 18.2 Å². The first kappa shape index (κ1) is 31.5. The molecule has 0 saturated heterocycles. The summed E-state index contributed by atoms with van der Waals surface area (Å²) in [5, 5.41) is 13.0. The second-order valence-corrected chi connectivity index (χ2v) is 10.0. The Morgan fingerprint density at radius 3 is 2.19 bits per heavy atom. The van der Waals surface area contributed by atoms with Crippen LogP contribution in [0.2, 0.25) is 0 Å². The average molecular weight is 608 g/mol. The second kappa shape index (κ2) is 12.4. The fraction of sp³-hybridized carbons (Fsp3) is 0.379. The maximum atomic E-state index is 14.9. The highest BCUT2D eigenvalue weighted by atomic mass is 19.4. The number of aliphatic hydroxyl groups excluding tert-OH is 1. The van der Waals surface area contributed by atoms with Gasteiger partial charge in [0.1, 0.15) is 11.6 Å². The predicted octanol–water partition coefficient (Wildman–Crippen LogP) is 7.13. The van der Waals surface area contributed by atoms with E-state index >= 15 is 0 Å². The van der Waals surface area contributed by atoms with E-state index in [-0.39, 0.29) is 29.4 Å². The van der Waals surface area contributed by atoms with Crippen molar-refractivity contribution in [3.63, 3.8) is 0 Å². The number of hydrogen-bond donors (Lipinski definition) is 2. The van der Waals surface area contributed by atoms with Crippen molar-refractivity contribution >= 4 is 0 Å². The highest BCUT2D eigenvalue weighted by Crippen LogP contribution is 2.40. The average Bonchev–Trinajstić information content (AvgIpc) is 3.71. The summed E-state index contributed by atoms with van der Waals surface area (Å²) in [6, 6.07) is 13.8. The molecule has 0 aromatic heterocycles. The molecule has 0 bridgehead atoms. The predicted molar refractivity (Wildman–Crippen MR) is 134 cm³/mol. The van der Waals surface area contributed by atoms with Crippen LogP contribution in [0.25, 0.3) is 0 Å². The molecule has 4 rings (SSSR count). The minimum absolute atomic E-state index is 0.0970. The van der Waals surface area contributed by atoms with E-state index < -0.39 is 60.7 Å². The Balaban J connectivity index is 1.89. The first-order chi connectivity index (χ1) is 19.7. The van der Waals surface area contributed by atoms with E-state index in [4.69, 9.17) is 4.74 Å². The number of nitrogens with one attached hydrogen (secondary N) is 1. The van der Waals surface area contributed by atoms with Gasteiger partial charge in [-0.05, 0) is 60.2 Å². The summed E-state index contributed by atoms with van der Waals surface area (Å²) < 4.78 is 132. The SMILES string of the molecule is OC(CN[C@@](Cc1ccccc1)(c1cc(F)cc(OC(F)(F)C(F)F)c1)c1ccc(F)c(OC2CC2)c1)CC(F)(F)F. The van der Waals surface area contributed by atoms with Crippen molar-refractivity contribution in [1.29, 1.82) is 0 Å². The molecule has 228 valence electrons. The molecule has 3 aromatic carbocycles. The van der Waals surface area contributed by atoms with Gasteiger partial charge in [-0.1, -0.05) is 36.4 Å². The fourth-order valence-electron chi connectivity index (χ4n) is 4.47. The molecule has 0 aliphatic heterocycles. The molecule has 4 nitrogen and oxygen atoms in total. The maximum absolute atomic E-state index is 14.9. The Morgan fingerprint density at radius 2 is 1.57 bits per heavy atom. The van der Waals surface area contributed by atoms with Crippen LogP contribution in [-0.2, 0) is 12.0 Å². The number of aliphatic hydroxyl groups is 1. The van der Waals surface area contributed by atoms with Gasteiger partial charge in [-0.25, -0.2) is 8.78 Å². The van der Waals surface area contributed by atoms with Gasteiger partial charge in [-0.3, -0.25) is 0 Å². The second-order valence-electron chi connectivity index (χ2n) is 10.0. The Hall–Kier alpha value is -3.45. The molecule has 1 fully saturated rings. The molecular weight excluding hydrogens is 581 g/mol. The minimum atomic E-state index is -5.00. The van der Waals surface area contributed by atoms with Crippen molar-refractivity contribution in [3.8, 4) is 11.5 Å². The van der Waals surface area contributed by atoms with E-state index in [9.17, 15) is 44.6 Å². The normalized spacial score (nSPS) is 16.3. The highest BCUT2D eigenvalue weighted by molar-refractivity contribution is 5.47. The summed E-state index contributed by atoms with van der Waals surface area (Å²) in [7, 11) is 0. The fourth-order valence-corrected chi connectivity index (χ4v) is 4.47. The highest BCUT2D eigenvalue weighted by Gasteiger charge is 2.45. The lowest BCUT2D eigenvalue weighted by atomic mass is 9.77. The van der Waals surface area contributed by atoms with E-state index in [2.05, 4.69) is 10.1 Å². The van der Waals surface area contributed by atoms with Gasteiger partial charge in [0.25, 0.3) is 0 Å². The number of halogens is 9. The minimum Gasteiger partial charge on any atom is -0.487 e. The molecule has 0 amide bonds. The van der Waals surface area contributed by atoms with Crippen LogP contribution in [0, 0.1) is 11.6 Å². The molecule has 2 atom stereocenters. The van der Waals surface area contributed by atoms with Crippen molar-refractivity contribution in [2.45, 2.75) is 62.1 Å². The third-order valence-electron chi connectivity index (χ3n) is 6.53. The lowest BCUT2D eigenvalue weighted by molar-refractivity contribution is -0.253. The Bertz CT molecular complexity index is 1350. The number of rotatable bonds is 13. The molecule has 0 radical (unpaired) electrons. The van der Waals surface area contributed by atoms with Crippen LogP contribution in [0.1, 0.15) is 36.0 Å². The van der Waals surface area contributed by atoms with Gasteiger partial charge in [-0.15, -0.1) is 0 Å². The summed E-state index contributed by atoms with van der Waals surface area (Å²) in [5.74, 6) is -3.18. The molecule has 0 heterocycles.